The van der Waals surface area contributed by atoms with Crippen molar-refractivity contribution in [2.24, 2.45) is 0 Å². The van der Waals surface area contributed by atoms with Crippen LogP contribution in [-0.4, -0.2) is 9.97 Å². The zero-order valence-corrected chi connectivity index (χ0v) is 16.9. The fraction of sp³-hybridized carbons (Fsp3) is 0.0833. The summed E-state index contributed by atoms with van der Waals surface area (Å²) in [6, 6.07) is 26.8. The van der Waals surface area contributed by atoms with Crippen LogP contribution in [0, 0.1) is 13.8 Å². The quantitative estimate of drug-likeness (QED) is 0.365. The van der Waals surface area contributed by atoms with Gasteiger partial charge >= 0.3 is 0 Å². The van der Waals surface area contributed by atoms with Crippen LogP contribution in [0.25, 0.3) is 33.9 Å². The molecule has 4 aromatic rings. The first-order valence-electron chi connectivity index (χ1n) is 8.89. The van der Waals surface area contributed by atoms with Crippen LogP contribution in [0.5, 0.6) is 0 Å². The molecule has 3 heteroatoms. The van der Waals surface area contributed by atoms with Gasteiger partial charge in [-0.2, -0.15) is 0 Å². The number of hydrogen-bond acceptors (Lipinski definition) is 2. The molecule has 27 heavy (non-hydrogen) atoms. The average molecular weight is 415 g/mol. The number of benzene rings is 2. The van der Waals surface area contributed by atoms with Gasteiger partial charge in [0.05, 0.1) is 17.1 Å². The van der Waals surface area contributed by atoms with Gasteiger partial charge in [-0.15, -0.1) is 0 Å². The van der Waals surface area contributed by atoms with E-state index in [4.69, 9.17) is 9.97 Å². The van der Waals surface area contributed by atoms with E-state index in [1.54, 1.807) is 0 Å². The number of halogens is 1. The van der Waals surface area contributed by atoms with E-state index in [0.717, 1.165) is 38.4 Å². The average Bonchev–Trinajstić information content (AvgIpc) is 2.69. The second-order valence-corrected chi connectivity index (χ2v) is 7.42. The molecule has 2 aromatic carbocycles. The van der Waals surface area contributed by atoms with Gasteiger partial charge in [0.15, 0.2) is 0 Å². The van der Waals surface area contributed by atoms with Gasteiger partial charge in [-0.25, -0.2) is 9.97 Å². The van der Waals surface area contributed by atoms with Crippen LogP contribution in [0.15, 0.2) is 83.3 Å². The van der Waals surface area contributed by atoms with E-state index >= 15 is 0 Å². The summed E-state index contributed by atoms with van der Waals surface area (Å²) in [5, 5.41) is 0. The minimum Gasteiger partial charge on any atom is -0.246 e. The van der Waals surface area contributed by atoms with Gasteiger partial charge in [0.2, 0.25) is 0 Å². The number of hydrogen-bond donors (Lipinski definition) is 0. The zero-order valence-electron chi connectivity index (χ0n) is 15.3. The van der Waals surface area contributed by atoms with E-state index in [1.807, 2.05) is 54.6 Å². The number of aryl methyl sites for hydroxylation is 2. The van der Waals surface area contributed by atoms with E-state index in [1.165, 1.54) is 11.1 Å². The molecule has 2 aromatic heterocycles. The van der Waals surface area contributed by atoms with Crippen molar-refractivity contribution in [2.75, 3.05) is 0 Å². The zero-order chi connectivity index (χ0) is 18.8. The molecule has 0 amide bonds. The monoisotopic (exact) mass is 414 g/mol. The summed E-state index contributed by atoms with van der Waals surface area (Å²) in [7, 11) is 0. The Morgan fingerprint density at radius 1 is 0.556 bits per heavy atom. The highest BCUT2D eigenvalue weighted by Crippen LogP contribution is 2.31. The van der Waals surface area contributed by atoms with Crippen LogP contribution >= 0.6 is 15.9 Å². The predicted molar refractivity (Wildman–Crippen MR) is 116 cm³/mol. The standard InChI is InChI=1S/C24H19BrN2/c1-16-8-3-5-10-18(16)21-12-7-13-23(26-21)24-20(25)14-15-22(27-24)19-11-6-4-9-17(19)2/h3-15H,1-2H3. The molecule has 0 N–H and O–H groups in total. The van der Waals surface area contributed by atoms with Crippen LogP contribution in [0.1, 0.15) is 11.1 Å². The topological polar surface area (TPSA) is 25.8 Å². The molecular formula is C24H19BrN2. The molecule has 132 valence electrons. The lowest BCUT2D eigenvalue weighted by molar-refractivity contribution is 1.23. The van der Waals surface area contributed by atoms with Crippen molar-refractivity contribution in [1.82, 2.24) is 9.97 Å². The van der Waals surface area contributed by atoms with E-state index in [9.17, 15) is 0 Å². The van der Waals surface area contributed by atoms with Gasteiger partial charge in [0, 0.05) is 15.6 Å². The lowest BCUT2D eigenvalue weighted by Crippen LogP contribution is -1.95. The van der Waals surface area contributed by atoms with Gasteiger partial charge in [-0.1, -0.05) is 54.6 Å². The maximum Gasteiger partial charge on any atom is 0.104 e. The molecule has 2 nitrogen and oxygen atoms in total. The van der Waals surface area contributed by atoms with Gasteiger partial charge < -0.3 is 0 Å². The number of rotatable bonds is 3. The number of nitrogens with zero attached hydrogens (tertiary/aromatic N) is 2. The van der Waals surface area contributed by atoms with Crippen LogP contribution < -0.4 is 0 Å². The van der Waals surface area contributed by atoms with Gasteiger partial charge in [-0.05, 0) is 65.2 Å². The summed E-state index contributed by atoms with van der Waals surface area (Å²) >= 11 is 3.65. The predicted octanol–water partition coefficient (Wildman–Crippen LogP) is 6.86. The molecule has 0 saturated carbocycles. The second kappa shape index (κ2) is 7.45. The van der Waals surface area contributed by atoms with Crippen molar-refractivity contribution >= 4 is 15.9 Å². The smallest absolute Gasteiger partial charge is 0.104 e. The fourth-order valence-corrected chi connectivity index (χ4v) is 3.63. The molecule has 0 aliphatic heterocycles. The Labute approximate surface area is 168 Å². The molecular weight excluding hydrogens is 396 g/mol. The Morgan fingerprint density at radius 3 is 1.74 bits per heavy atom. The van der Waals surface area contributed by atoms with Crippen LogP contribution in [-0.2, 0) is 0 Å². The minimum atomic E-state index is 0.853. The van der Waals surface area contributed by atoms with E-state index < -0.39 is 0 Å². The highest BCUT2D eigenvalue weighted by Gasteiger charge is 2.12. The lowest BCUT2D eigenvalue weighted by atomic mass is 10.0. The maximum absolute atomic E-state index is 4.92. The minimum absolute atomic E-state index is 0.853. The summed E-state index contributed by atoms with van der Waals surface area (Å²) < 4.78 is 0.939. The van der Waals surface area contributed by atoms with Crippen molar-refractivity contribution in [2.45, 2.75) is 13.8 Å². The molecule has 0 spiro atoms. The van der Waals surface area contributed by atoms with Crippen molar-refractivity contribution in [3.05, 3.63) is 94.5 Å². The molecule has 2 heterocycles. The SMILES string of the molecule is Cc1ccccc1-c1cccc(-c2nc(-c3ccccc3C)ccc2Br)n1. The molecule has 0 atom stereocenters. The summed E-state index contributed by atoms with van der Waals surface area (Å²) in [5.41, 5.74) is 8.33. The van der Waals surface area contributed by atoms with Gasteiger partial charge in [0.25, 0.3) is 0 Å². The van der Waals surface area contributed by atoms with E-state index in [2.05, 4.69) is 54.0 Å². The van der Waals surface area contributed by atoms with Crippen LogP contribution in [0.4, 0.5) is 0 Å². The van der Waals surface area contributed by atoms with Gasteiger partial charge in [-0.3, -0.25) is 0 Å². The Balaban J connectivity index is 1.83. The second-order valence-electron chi connectivity index (χ2n) is 6.56. The summed E-state index contributed by atoms with van der Waals surface area (Å²) in [6.45, 7) is 4.21. The van der Waals surface area contributed by atoms with Crippen LogP contribution in [0.3, 0.4) is 0 Å². The summed E-state index contributed by atoms with van der Waals surface area (Å²) in [4.78, 5) is 9.82. The molecule has 0 saturated heterocycles. The molecule has 0 aliphatic rings. The lowest BCUT2D eigenvalue weighted by Gasteiger charge is -2.11. The highest BCUT2D eigenvalue weighted by atomic mass is 79.9. The normalized spacial score (nSPS) is 10.8. The molecule has 0 aliphatic carbocycles. The fourth-order valence-electron chi connectivity index (χ4n) is 3.21. The van der Waals surface area contributed by atoms with Crippen molar-refractivity contribution < 1.29 is 0 Å². The van der Waals surface area contributed by atoms with Crippen molar-refractivity contribution in [3.8, 4) is 33.9 Å². The Morgan fingerprint density at radius 2 is 1.11 bits per heavy atom. The van der Waals surface area contributed by atoms with Crippen molar-refractivity contribution in [1.29, 1.82) is 0 Å². The van der Waals surface area contributed by atoms with Crippen molar-refractivity contribution in [3.63, 3.8) is 0 Å². The first kappa shape index (κ1) is 17.6. The van der Waals surface area contributed by atoms with Crippen LogP contribution in [0.2, 0.25) is 0 Å². The first-order chi connectivity index (χ1) is 13.1. The van der Waals surface area contributed by atoms with Gasteiger partial charge in [0.1, 0.15) is 5.69 Å². The molecule has 0 unspecified atom stereocenters. The first-order valence-corrected chi connectivity index (χ1v) is 9.69. The molecule has 0 fully saturated rings. The van der Waals surface area contributed by atoms with E-state index in [0.29, 0.717) is 0 Å². The highest BCUT2D eigenvalue weighted by molar-refractivity contribution is 9.10. The largest absolute Gasteiger partial charge is 0.246 e. The third-order valence-corrected chi connectivity index (χ3v) is 5.32. The third-order valence-electron chi connectivity index (χ3n) is 4.68. The number of pyridine rings is 2. The Hall–Kier alpha value is -2.78. The molecule has 0 radical (unpaired) electrons. The summed E-state index contributed by atoms with van der Waals surface area (Å²) in [6.07, 6.45) is 0. The van der Waals surface area contributed by atoms with E-state index in [-0.39, 0.29) is 0 Å². The Bertz CT molecular complexity index is 1120. The molecule has 4 rings (SSSR count). The number of aromatic nitrogens is 2. The summed E-state index contributed by atoms with van der Waals surface area (Å²) in [5.74, 6) is 0. The third kappa shape index (κ3) is 3.56. The maximum atomic E-state index is 4.92. The molecule has 0 bridgehead atoms. The Kier molecular flexibility index (Phi) is 4.87.